The average Bonchev–Trinajstić information content (AvgIpc) is 2.15. The molecule has 0 spiro atoms. The predicted molar refractivity (Wildman–Crippen MR) is 60.8 cm³/mol. The normalized spacial score (nSPS) is 10.3. The summed E-state index contributed by atoms with van der Waals surface area (Å²) >= 11 is 0. The minimum atomic E-state index is 0.574. The second kappa shape index (κ2) is 4.85. The van der Waals surface area contributed by atoms with E-state index in [0.717, 1.165) is 11.3 Å². The molecule has 0 aliphatic carbocycles. The third-order valence-corrected chi connectivity index (χ3v) is 2.03. The number of hydrogen-bond acceptors (Lipinski definition) is 1. The fraction of sp³-hybridized carbons (Fsp3) is 0.385. The summed E-state index contributed by atoms with van der Waals surface area (Å²) in [6, 6.07) is 8.24. The number of rotatable bonds is 4. The van der Waals surface area contributed by atoms with Crippen LogP contribution in [-0.2, 0) is 0 Å². The van der Waals surface area contributed by atoms with Crippen molar-refractivity contribution in [1.82, 2.24) is 0 Å². The number of ether oxygens (including phenoxy) is 1. The predicted octanol–water partition coefficient (Wildman–Crippen LogP) is 3.76. The van der Waals surface area contributed by atoms with Gasteiger partial charge in [0, 0.05) is 0 Å². The van der Waals surface area contributed by atoms with Gasteiger partial charge in [-0.15, -0.1) is 0 Å². The zero-order chi connectivity index (χ0) is 10.6. The molecule has 0 atom stereocenters. The van der Waals surface area contributed by atoms with Crippen LogP contribution in [0, 0.1) is 0 Å². The topological polar surface area (TPSA) is 9.23 Å². The molecule has 0 aromatic heterocycles. The van der Waals surface area contributed by atoms with E-state index in [1.807, 2.05) is 19.1 Å². The molecule has 1 heteroatoms. The van der Waals surface area contributed by atoms with Crippen LogP contribution in [0.25, 0.3) is 0 Å². The molecule has 0 saturated heterocycles. The molecular formula is C13H18O. The van der Waals surface area contributed by atoms with Crippen molar-refractivity contribution in [1.29, 1.82) is 0 Å². The van der Waals surface area contributed by atoms with Gasteiger partial charge in [0.1, 0.15) is 12.4 Å². The molecule has 0 fully saturated rings. The van der Waals surface area contributed by atoms with Crippen LogP contribution in [0.4, 0.5) is 0 Å². The van der Waals surface area contributed by atoms with E-state index in [1.165, 1.54) is 5.56 Å². The van der Waals surface area contributed by atoms with Crippen LogP contribution in [0.5, 0.6) is 5.75 Å². The van der Waals surface area contributed by atoms with E-state index in [-0.39, 0.29) is 0 Å². The van der Waals surface area contributed by atoms with Crippen molar-refractivity contribution in [3.05, 3.63) is 42.0 Å². The van der Waals surface area contributed by atoms with Gasteiger partial charge in [0.05, 0.1) is 0 Å². The Morgan fingerprint density at radius 1 is 1.29 bits per heavy atom. The minimum absolute atomic E-state index is 0.574. The zero-order valence-corrected chi connectivity index (χ0v) is 9.21. The molecule has 0 aliphatic heterocycles. The molecule has 0 N–H and O–H groups in total. The highest BCUT2D eigenvalue weighted by atomic mass is 16.5. The van der Waals surface area contributed by atoms with Crippen LogP contribution in [-0.4, -0.2) is 6.61 Å². The first-order valence-corrected chi connectivity index (χ1v) is 4.96. The Balaban J connectivity index is 2.59. The molecule has 0 bridgehead atoms. The van der Waals surface area contributed by atoms with Gasteiger partial charge in [0.15, 0.2) is 0 Å². The summed E-state index contributed by atoms with van der Waals surface area (Å²) in [4.78, 5) is 0. The highest BCUT2D eigenvalue weighted by molar-refractivity contribution is 5.29. The van der Waals surface area contributed by atoms with Crippen LogP contribution >= 0.6 is 0 Å². The van der Waals surface area contributed by atoms with E-state index in [1.54, 1.807) is 0 Å². The van der Waals surface area contributed by atoms with Crippen LogP contribution in [0.1, 0.15) is 32.3 Å². The lowest BCUT2D eigenvalue weighted by Crippen LogP contribution is -1.97. The van der Waals surface area contributed by atoms with Crippen molar-refractivity contribution in [2.75, 3.05) is 6.61 Å². The van der Waals surface area contributed by atoms with Gasteiger partial charge in [-0.2, -0.15) is 0 Å². The molecule has 1 nitrogen and oxygen atoms in total. The van der Waals surface area contributed by atoms with Crippen molar-refractivity contribution in [2.45, 2.75) is 26.7 Å². The smallest absolute Gasteiger partial charge is 0.119 e. The molecule has 1 rings (SSSR count). The van der Waals surface area contributed by atoms with E-state index in [4.69, 9.17) is 4.74 Å². The van der Waals surface area contributed by atoms with Gasteiger partial charge in [0.25, 0.3) is 0 Å². The molecule has 0 unspecified atom stereocenters. The summed E-state index contributed by atoms with van der Waals surface area (Å²) in [6.07, 6.45) is 0. The van der Waals surface area contributed by atoms with Crippen molar-refractivity contribution in [3.63, 3.8) is 0 Å². The Hall–Kier alpha value is -1.24. The van der Waals surface area contributed by atoms with Gasteiger partial charge in [0.2, 0.25) is 0 Å². The van der Waals surface area contributed by atoms with Gasteiger partial charge in [-0.3, -0.25) is 0 Å². The fourth-order valence-electron chi connectivity index (χ4n) is 1.16. The van der Waals surface area contributed by atoms with E-state index in [9.17, 15) is 0 Å². The first-order chi connectivity index (χ1) is 6.59. The Kier molecular flexibility index (Phi) is 3.75. The zero-order valence-electron chi connectivity index (χ0n) is 9.21. The molecule has 1 aromatic rings. The average molecular weight is 190 g/mol. The van der Waals surface area contributed by atoms with Gasteiger partial charge >= 0.3 is 0 Å². The Bertz CT molecular complexity index is 296. The summed E-state index contributed by atoms with van der Waals surface area (Å²) in [5.74, 6) is 1.49. The Labute approximate surface area is 86.4 Å². The summed E-state index contributed by atoms with van der Waals surface area (Å²) in [5, 5.41) is 0. The maximum atomic E-state index is 5.50. The highest BCUT2D eigenvalue weighted by Crippen LogP contribution is 2.18. The maximum Gasteiger partial charge on any atom is 0.119 e. The fourth-order valence-corrected chi connectivity index (χ4v) is 1.16. The first kappa shape index (κ1) is 10.8. The van der Waals surface area contributed by atoms with Gasteiger partial charge in [-0.05, 0) is 36.1 Å². The van der Waals surface area contributed by atoms with Crippen molar-refractivity contribution >= 4 is 0 Å². The molecule has 14 heavy (non-hydrogen) atoms. The van der Waals surface area contributed by atoms with E-state index in [0.29, 0.717) is 12.5 Å². The lowest BCUT2D eigenvalue weighted by atomic mass is 10.0. The van der Waals surface area contributed by atoms with E-state index >= 15 is 0 Å². The quantitative estimate of drug-likeness (QED) is 0.657. The van der Waals surface area contributed by atoms with Crippen LogP contribution in [0.2, 0.25) is 0 Å². The van der Waals surface area contributed by atoms with E-state index in [2.05, 4.69) is 32.6 Å². The Morgan fingerprint density at radius 3 is 2.29 bits per heavy atom. The molecule has 1 aromatic carbocycles. The van der Waals surface area contributed by atoms with Crippen LogP contribution in [0.3, 0.4) is 0 Å². The van der Waals surface area contributed by atoms with Gasteiger partial charge < -0.3 is 4.74 Å². The molecule has 0 aliphatic rings. The Morgan fingerprint density at radius 2 is 1.86 bits per heavy atom. The van der Waals surface area contributed by atoms with Crippen molar-refractivity contribution < 1.29 is 4.74 Å². The summed E-state index contributed by atoms with van der Waals surface area (Å²) in [7, 11) is 0. The highest BCUT2D eigenvalue weighted by Gasteiger charge is 1.98. The maximum absolute atomic E-state index is 5.50. The van der Waals surface area contributed by atoms with Crippen LogP contribution in [0.15, 0.2) is 36.4 Å². The monoisotopic (exact) mass is 190 g/mol. The second-order valence-electron chi connectivity index (χ2n) is 3.97. The number of hydrogen-bond donors (Lipinski definition) is 0. The minimum Gasteiger partial charge on any atom is -0.489 e. The SMILES string of the molecule is C=C(C)COc1ccc(C(C)C)cc1. The van der Waals surface area contributed by atoms with Crippen LogP contribution < -0.4 is 4.74 Å². The lowest BCUT2D eigenvalue weighted by molar-refractivity contribution is 0.352. The third-order valence-electron chi connectivity index (χ3n) is 2.03. The standard InChI is InChI=1S/C13H18O/c1-10(2)9-14-13-7-5-12(6-8-13)11(3)4/h5-8,11H,1,9H2,2-4H3. The summed E-state index contributed by atoms with van der Waals surface area (Å²) < 4.78 is 5.50. The molecule has 0 radical (unpaired) electrons. The summed E-state index contributed by atoms with van der Waals surface area (Å²) in [5.41, 5.74) is 2.38. The van der Waals surface area contributed by atoms with E-state index < -0.39 is 0 Å². The van der Waals surface area contributed by atoms with Gasteiger partial charge in [-0.1, -0.05) is 32.6 Å². The molecule has 0 amide bonds. The second-order valence-corrected chi connectivity index (χ2v) is 3.97. The first-order valence-electron chi connectivity index (χ1n) is 4.96. The molecule has 0 saturated carbocycles. The van der Waals surface area contributed by atoms with Gasteiger partial charge in [-0.25, -0.2) is 0 Å². The molecule has 0 heterocycles. The largest absolute Gasteiger partial charge is 0.489 e. The third kappa shape index (κ3) is 3.25. The lowest BCUT2D eigenvalue weighted by Gasteiger charge is -2.08. The van der Waals surface area contributed by atoms with Crippen molar-refractivity contribution in [2.24, 2.45) is 0 Å². The summed E-state index contributed by atoms with van der Waals surface area (Å²) in [6.45, 7) is 10.7. The number of benzene rings is 1. The molecular weight excluding hydrogens is 172 g/mol. The molecule has 76 valence electrons. The van der Waals surface area contributed by atoms with Crippen molar-refractivity contribution in [3.8, 4) is 5.75 Å².